The fourth-order valence-electron chi connectivity index (χ4n) is 3.12. The summed E-state index contributed by atoms with van der Waals surface area (Å²) < 4.78 is 0. The topological polar surface area (TPSA) is 32.3 Å². The molecule has 1 atom stereocenters. The van der Waals surface area contributed by atoms with E-state index < -0.39 is 0 Å². The van der Waals surface area contributed by atoms with Crippen molar-refractivity contribution in [2.24, 2.45) is 5.41 Å². The van der Waals surface area contributed by atoms with Crippen LogP contribution in [0.4, 0.5) is 5.69 Å². The molecule has 1 aromatic rings. The molecule has 3 heteroatoms. The van der Waals surface area contributed by atoms with Crippen LogP contribution in [0.1, 0.15) is 45.4 Å². The molecule has 3 rings (SSSR count). The smallest absolute Gasteiger partial charge is 0.222 e. The molecule has 1 aliphatic carbocycles. The molecule has 2 fully saturated rings. The molecule has 1 amide bonds. The quantitative estimate of drug-likeness (QED) is 0.895. The number of likely N-dealkylation sites (tertiary alicyclic amines) is 1. The van der Waals surface area contributed by atoms with Gasteiger partial charge in [-0.05, 0) is 49.7 Å². The molecule has 0 bridgehead atoms. The maximum absolute atomic E-state index is 12.4. The van der Waals surface area contributed by atoms with Gasteiger partial charge in [-0.15, -0.1) is 0 Å². The van der Waals surface area contributed by atoms with Crippen molar-refractivity contribution in [1.29, 1.82) is 0 Å². The van der Waals surface area contributed by atoms with Gasteiger partial charge in [0.15, 0.2) is 0 Å². The van der Waals surface area contributed by atoms with Crippen LogP contribution in [0, 0.1) is 5.41 Å². The van der Waals surface area contributed by atoms with Gasteiger partial charge in [0.2, 0.25) is 5.91 Å². The minimum absolute atomic E-state index is 0.350. The largest absolute Gasteiger partial charge is 0.381 e. The Bertz CT molecular complexity index is 481. The van der Waals surface area contributed by atoms with Gasteiger partial charge in [0, 0.05) is 31.2 Å². The molecular weight excluding hydrogens is 260 g/mol. The Morgan fingerprint density at radius 1 is 1.33 bits per heavy atom. The van der Waals surface area contributed by atoms with Gasteiger partial charge in [-0.3, -0.25) is 4.79 Å². The molecule has 1 aliphatic heterocycles. The van der Waals surface area contributed by atoms with E-state index in [1.165, 1.54) is 12.8 Å². The Labute approximate surface area is 127 Å². The number of hydrogen-bond acceptors (Lipinski definition) is 2. The second kappa shape index (κ2) is 6.08. The maximum Gasteiger partial charge on any atom is 0.222 e. The zero-order chi connectivity index (χ0) is 14.7. The Kier molecular flexibility index (Phi) is 4.18. The Morgan fingerprint density at radius 3 is 2.81 bits per heavy atom. The zero-order valence-electron chi connectivity index (χ0n) is 13.0. The Balaban J connectivity index is 1.49. The maximum atomic E-state index is 12.4. The molecule has 0 unspecified atom stereocenters. The first-order chi connectivity index (χ1) is 10.1. The van der Waals surface area contributed by atoms with Crippen LogP contribution >= 0.6 is 0 Å². The number of hydrogen-bond donors (Lipinski definition) is 1. The molecule has 0 radical (unpaired) electrons. The molecule has 1 N–H and O–H groups in total. The molecule has 1 aromatic carbocycles. The molecule has 0 spiro atoms. The Hall–Kier alpha value is -1.51. The Morgan fingerprint density at radius 2 is 2.10 bits per heavy atom. The van der Waals surface area contributed by atoms with E-state index in [2.05, 4.69) is 29.3 Å². The second-order valence-electron chi connectivity index (χ2n) is 7.00. The number of anilines is 1. The van der Waals surface area contributed by atoms with Crippen LogP contribution in [-0.2, 0) is 4.79 Å². The first-order valence-corrected chi connectivity index (χ1v) is 8.24. The molecule has 21 heavy (non-hydrogen) atoms. The zero-order valence-corrected chi connectivity index (χ0v) is 13.0. The lowest BCUT2D eigenvalue weighted by molar-refractivity contribution is -0.132. The standard InChI is InChI=1S/C18H26N2O/c1-18(11-12-18)10-9-17(21)20-13-5-8-16(14-20)19-15-6-3-2-4-7-15/h2-4,6-7,16,19H,5,8-14H2,1H3/t16-/m1/s1. The number of carbonyl (C=O) groups excluding carboxylic acids is 1. The van der Waals surface area contributed by atoms with Crippen molar-refractivity contribution in [3.8, 4) is 0 Å². The van der Waals surface area contributed by atoms with Gasteiger partial charge in [0.05, 0.1) is 0 Å². The summed E-state index contributed by atoms with van der Waals surface area (Å²) in [6.07, 6.45) is 6.66. The molecule has 1 saturated heterocycles. The first-order valence-electron chi connectivity index (χ1n) is 8.24. The fraction of sp³-hybridized carbons (Fsp3) is 0.611. The van der Waals surface area contributed by atoms with Crippen LogP contribution in [0.5, 0.6) is 0 Å². The highest BCUT2D eigenvalue weighted by Crippen LogP contribution is 2.48. The molecule has 1 saturated carbocycles. The summed E-state index contributed by atoms with van der Waals surface area (Å²) in [6.45, 7) is 4.09. The lowest BCUT2D eigenvalue weighted by Gasteiger charge is -2.34. The van der Waals surface area contributed by atoms with E-state index >= 15 is 0 Å². The van der Waals surface area contributed by atoms with Crippen LogP contribution in [0.25, 0.3) is 0 Å². The van der Waals surface area contributed by atoms with E-state index in [-0.39, 0.29) is 0 Å². The van der Waals surface area contributed by atoms with Crippen LogP contribution in [0.2, 0.25) is 0 Å². The average Bonchev–Trinajstić information content (AvgIpc) is 3.24. The summed E-state index contributed by atoms with van der Waals surface area (Å²) in [6, 6.07) is 10.7. The molecule has 114 valence electrons. The third-order valence-corrected chi connectivity index (χ3v) is 4.96. The highest BCUT2D eigenvalue weighted by Gasteiger charge is 2.37. The molecule has 1 heterocycles. The third-order valence-electron chi connectivity index (χ3n) is 4.96. The minimum atomic E-state index is 0.350. The lowest BCUT2D eigenvalue weighted by atomic mass is 10.0. The van der Waals surface area contributed by atoms with Gasteiger partial charge in [-0.1, -0.05) is 25.1 Å². The van der Waals surface area contributed by atoms with Crippen molar-refractivity contribution in [2.45, 2.75) is 51.5 Å². The van der Waals surface area contributed by atoms with E-state index in [9.17, 15) is 4.79 Å². The number of amides is 1. The van der Waals surface area contributed by atoms with Crippen molar-refractivity contribution in [3.05, 3.63) is 30.3 Å². The molecule has 3 nitrogen and oxygen atoms in total. The monoisotopic (exact) mass is 286 g/mol. The number of carbonyl (C=O) groups is 1. The fourth-order valence-corrected chi connectivity index (χ4v) is 3.12. The van der Waals surface area contributed by atoms with E-state index in [1.54, 1.807) is 0 Å². The van der Waals surface area contributed by atoms with Gasteiger partial charge in [0.25, 0.3) is 0 Å². The van der Waals surface area contributed by atoms with Crippen LogP contribution in [0.15, 0.2) is 30.3 Å². The van der Waals surface area contributed by atoms with E-state index in [4.69, 9.17) is 0 Å². The minimum Gasteiger partial charge on any atom is -0.381 e. The first kappa shape index (κ1) is 14.4. The van der Waals surface area contributed by atoms with Crippen molar-refractivity contribution < 1.29 is 4.79 Å². The van der Waals surface area contributed by atoms with Crippen molar-refractivity contribution >= 4 is 11.6 Å². The summed E-state index contributed by atoms with van der Waals surface area (Å²) in [5.41, 5.74) is 1.63. The van der Waals surface area contributed by atoms with Crippen molar-refractivity contribution in [3.63, 3.8) is 0 Å². The summed E-state index contributed by atoms with van der Waals surface area (Å²) in [7, 11) is 0. The summed E-state index contributed by atoms with van der Waals surface area (Å²) >= 11 is 0. The number of para-hydroxylation sites is 1. The van der Waals surface area contributed by atoms with Gasteiger partial charge >= 0.3 is 0 Å². The van der Waals surface area contributed by atoms with Crippen LogP contribution in [0.3, 0.4) is 0 Å². The second-order valence-corrected chi connectivity index (χ2v) is 7.00. The van der Waals surface area contributed by atoms with Gasteiger partial charge < -0.3 is 10.2 Å². The third kappa shape index (κ3) is 3.99. The summed E-state index contributed by atoms with van der Waals surface area (Å²) in [5, 5.41) is 3.56. The lowest BCUT2D eigenvalue weighted by Crippen LogP contribution is -2.45. The van der Waals surface area contributed by atoms with E-state index in [0.29, 0.717) is 17.4 Å². The number of nitrogens with zero attached hydrogens (tertiary/aromatic N) is 1. The highest BCUT2D eigenvalue weighted by atomic mass is 16.2. The summed E-state index contributed by atoms with van der Waals surface area (Å²) in [5.74, 6) is 0.350. The van der Waals surface area contributed by atoms with Crippen molar-refractivity contribution in [2.75, 3.05) is 18.4 Å². The predicted molar refractivity (Wildman–Crippen MR) is 86.2 cm³/mol. The summed E-state index contributed by atoms with van der Waals surface area (Å²) in [4.78, 5) is 14.4. The van der Waals surface area contributed by atoms with Crippen LogP contribution in [-0.4, -0.2) is 29.9 Å². The SMILES string of the molecule is CC1(CCC(=O)N2CCC[C@@H](Nc3ccccc3)C2)CC1. The number of nitrogens with one attached hydrogen (secondary N) is 1. The van der Waals surface area contributed by atoms with Crippen LogP contribution < -0.4 is 5.32 Å². The normalized spacial score (nSPS) is 23.7. The average molecular weight is 286 g/mol. The van der Waals surface area contributed by atoms with Crippen molar-refractivity contribution in [1.82, 2.24) is 4.90 Å². The molecule has 2 aliphatic rings. The highest BCUT2D eigenvalue weighted by molar-refractivity contribution is 5.76. The number of piperidine rings is 1. The van der Waals surface area contributed by atoms with E-state index in [1.807, 2.05) is 18.2 Å². The molecule has 0 aromatic heterocycles. The van der Waals surface area contributed by atoms with Gasteiger partial charge in [-0.25, -0.2) is 0 Å². The number of benzene rings is 1. The number of rotatable bonds is 5. The van der Waals surface area contributed by atoms with Gasteiger partial charge in [0.1, 0.15) is 0 Å². The molecular formula is C18H26N2O. The van der Waals surface area contributed by atoms with Gasteiger partial charge in [-0.2, -0.15) is 0 Å². The van der Waals surface area contributed by atoms with E-state index in [0.717, 1.165) is 44.5 Å². The predicted octanol–water partition coefficient (Wildman–Crippen LogP) is 3.67.